The van der Waals surface area contributed by atoms with Gasteiger partial charge in [0.05, 0.1) is 13.7 Å². The third-order valence-electron chi connectivity index (χ3n) is 7.56. The van der Waals surface area contributed by atoms with Crippen molar-refractivity contribution in [1.82, 2.24) is 14.8 Å². The first-order chi connectivity index (χ1) is 22.1. The lowest BCUT2D eigenvalue weighted by atomic mass is 9.92. The van der Waals surface area contributed by atoms with Gasteiger partial charge in [0.2, 0.25) is 11.8 Å². The molecule has 0 bridgehead atoms. The molecule has 1 aromatic heterocycles. The number of likely N-dealkylation sites (N-methyl/N-ethyl adjacent to an activating group) is 1. The van der Waals surface area contributed by atoms with Crippen LogP contribution in [0.4, 0.5) is 27.6 Å². The van der Waals surface area contributed by atoms with Crippen LogP contribution in [0.25, 0.3) is 0 Å². The van der Waals surface area contributed by atoms with E-state index in [0.29, 0.717) is 0 Å². The first-order valence-electron chi connectivity index (χ1n) is 14.0. The molecule has 47 heavy (non-hydrogen) atoms. The molecule has 252 valence electrons. The molecule has 0 radical (unpaired) electrons. The molecule has 1 fully saturated rings. The summed E-state index contributed by atoms with van der Waals surface area (Å²) in [7, 11) is 5.51. The Bertz CT molecular complexity index is 1700. The second-order valence-corrected chi connectivity index (χ2v) is 10.8. The number of pyridine rings is 1. The Morgan fingerprint density at radius 3 is 2.17 bits per heavy atom. The number of carbonyl (C=O) groups excluding carboxylic acids is 3. The Hall–Kier alpha value is -4.99. The quantitative estimate of drug-likeness (QED) is 0.329. The molecular formula is C31H31F5N4O7. The first-order valence-corrected chi connectivity index (χ1v) is 14.0. The van der Waals surface area contributed by atoms with Gasteiger partial charge in [0.15, 0.2) is 0 Å². The van der Waals surface area contributed by atoms with E-state index in [1.54, 1.807) is 0 Å². The summed E-state index contributed by atoms with van der Waals surface area (Å²) >= 11 is 0. The van der Waals surface area contributed by atoms with Gasteiger partial charge in [0, 0.05) is 63.1 Å². The van der Waals surface area contributed by atoms with E-state index in [-0.39, 0.29) is 29.2 Å². The Kier molecular flexibility index (Phi) is 10.2. The Balaban J connectivity index is 1.79. The van der Waals surface area contributed by atoms with Crippen molar-refractivity contribution < 1.29 is 50.5 Å². The van der Waals surface area contributed by atoms with Gasteiger partial charge in [-0.15, -0.1) is 13.2 Å². The highest BCUT2D eigenvalue weighted by atomic mass is 19.4. The van der Waals surface area contributed by atoms with Gasteiger partial charge in [-0.25, -0.2) is 8.78 Å². The fraction of sp³-hybridized carbons (Fsp3) is 0.355. The molecule has 0 aliphatic carbocycles. The summed E-state index contributed by atoms with van der Waals surface area (Å²) in [5.74, 6) is -6.67. The second kappa shape index (κ2) is 13.8. The third kappa shape index (κ3) is 7.37. The smallest absolute Gasteiger partial charge is 0.497 e. The van der Waals surface area contributed by atoms with Crippen LogP contribution in [0.15, 0.2) is 53.5 Å². The predicted octanol–water partition coefficient (Wildman–Crippen LogP) is 3.55. The van der Waals surface area contributed by atoms with Crippen LogP contribution in [0.3, 0.4) is 0 Å². The number of nitrogens with one attached hydrogen (secondary N) is 1. The molecule has 11 nitrogen and oxygen atoms in total. The van der Waals surface area contributed by atoms with E-state index < -0.39 is 77.1 Å². The van der Waals surface area contributed by atoms with Crippen molar-refractivity contribution in [2.24, 2.45) is 0 Å². The maximum absolute atomic E-state index is 15.4. The van der Waals surface area contributed by atoms with Crippen molar-refractivity contribution in [3.05, 3.63) is 87.3 Å². The number of carbonyl (C=O) groups is 3. The molecule has 2 heterocycles. The number of hydrogen-bond acceptors (Lipinski definition) is 7. The monoisotopic (exact) mass is 666 g/mol. The average Bonchev–Trinajstić information content (AvgIpc) is 3.29. The lowest BCUT2D eigenvalue weighted by Gasteiger charge is -2.25. The number of halogens is 5. The summed E-state index contributed by atoms with van der Waals surface area (Å²) in [5, 5.41) is 2.43. The van der Waals surface area contributed by atoms with E-state index in [9.17, 15) is 32.3 Å². The zero-order valence-corrected chi connectivity index (χ0v) is 25.9. The molecule has 1 aliphatic heterocycles. The largest absolute Gasteiger partial charge is 0.573 e. The molecule has 4 rings (SSSR count). The summed E-state index contributed by atoms with van der Waals surface area (Å²) in [6.07, 6.45) is -3.61. The topological polar surface area (TPSA) is 119 Å². The number of aromatic nitrogens is 1. The van der Waals surface area contributed by atoms with Gasteiger partial charge in [0.1, 0.15) is 40.9 Å². The zero-order chi connectivity index (χ0) is 34.8. The number of anilines is 1. The number of alkyl halides is 3. The fourth-order valence-corrected chi connectivity index (χ4v) is 5.35. The van der Waals surface area contributed by atoms with E-state index in [2.05, 4.69) is 10.1 Å². The summed E-state index contributed by atoms with van der Waals surface area (Å²) in [6, 6.07) is 4.29. The van der Waals surface area contributed by atoms with Gasteiger partial charge < -0.3 is 29.3 Å². The number of benzene rings is 2. The number of hydrogen-bond donors (Lipinski definition) is 1. The third-order valence-corrected chi connectivity index (χ3v) is 7.56. The molecule has 1 saturated heterocycles. The van der Waals surface area contributed by atoms with E-state index in [0.717, 1.165) is 45.9 Å². The van der Waals surface area contributed by atoms with Crippen LogP contribution >= 0.6 is 0 Å². The van der Waals surface area contributed by atoms with Crippen LogP contribution < -0.4 is 25.2 Å². The van der Waals surface area contributed by atoms with E-state index in [1.165, 1.54) is 52.4 Å². The zero-order valence-electron chi connectivity index (χ0n) is 25.9. The molecule has 3 aromatic rings. The molecule has 2 aromatic carbocycles. The fourth-order valence-electron chi connectivity index (χ4n) is 5.35. The summed E-state index contributed by atoms with van der Waals surface area (Å²) < 4.78 is 83.6. The van der Waals surface area contributed by atoms with E-state index in [4.69, 9.17) is 9.47 Å². The van der Waals surface area contributed by atoms with Gasteiger partial charge in [-0.1, -0.05) is 0 Å². The minimum absolute atomic E-state index is 0.150. The summed E-state index contributed by atoms with van der Waals surface area (Å²) in [5.41, 5.74) is -1.46. The molecule has 1 aliphatic rings. The van der Waals surface area contributed by atoms with Crippen molar-refractivity contribution in [2.75, 3.05) is 46.4 Å². The van der Waals surface area contributed by atoms with Crippen LogP contribution in [-0.2, 0) is 14.3 Å². The van der Waals surface area contributed by atoms with Crippen molar-refractivity contribution in [1.29, 1.82) is 0 Å². The number of ether oxygens (including phenoxy) is 3. The molecular weight excluding hydrogens is 635 g/mol. The van der Waals surface area contributed by atoms with Gasteiger partial charge in [0.25, 0.3) is 11.5 Å². The van der Waals surface area contributed by atoms with Crippen LogP contribution in [0.1, 0.15) is 33.4 Å². The van der Waals surface area contributed by atoms with Crippen molar-refractivity contribution >= 4 is 23.4 Å². The highest BCUT2D eigenvalue weighted by molar-refractivity contribution is 6.05. The van der Waals surface area contributed by atoms with Gasteiger partial charge in [-0.3, -0.25) is 23.7 Å². The van der Waals surface area contributed by atoms with Gasteiger partial charge in [-0.05, 0) is 42.8 Å². The maximum atomic E-state index is 15.4. The van der Waals surface area contributed by atoms with Crippen LogP contribution in [0.5, 0.6) is 11.5 Å². The molecule has 1 N–H and O–H groups in total. The average molecular weight is 667 g/mol. The van der Waals surface area contributed by atoms with Crippen molar-refractivity contribution in [2.45, 2.75) is 31.3 Å². The number of methoxy groups -OCH3 is 2. The van der Waals surface area contributed by atoms with Crippen molar-refractivity contribution in [3.63, 3.8) is 0 Å². The summed E-state index contributed by atoms with van der Waals surface area (Å²) in [4.78, 5) is 56.3. The highest BCUT2D eigenvalue weighted by Gasteiger charge is 2.46. The molecule has 16 heteroatoms. The normalized spacial score (nSPS) is 17.0. The number of aryl methyl sites for hydroxylation is 1. The van der Waals surface area contributed by atoms with Crippen molar-refractivity contribution in [3.8, 4) is 11.5 Å². The maximum Gasteiger partial charge on any atom is 0.573 e. The Labute approximate surface area is 265 Å². The SMILES string of the molecule is COCC(C(=O)N(C)C)n1ccc(C)c(N2C[C@@H](c3c(F)cc(OC)cc3F)C(NC(=O)c3ccc(OC(F)(F)F)cc3)C2=O)c1=O. The second-order valence-electron chi connectivity index (χ2n) is 10.8. The van der Waals surface area contributed by atoms with E-state index in [1.807, 2.05) is 0 Å². The molecule has 2 unspecified atom stereocenters. The standard InChI is InChI=1S/C31H31F5N4O7/c1-16-10-11-39(23(15-45-4)28(42)38(2)3)30(44)26(16)40-14-20(24-21(32)12-19(46-5)13-22(24)33)25(29(40)43)37-27(41)17-6-8-18(9-7-17)47-31(34,35)36/h6-13,20,23,25H,14-15H2,1-5H3,(H,37,41)/t20-,23?,25?/m0/s1. The minimum Gasteiger partial charge on any atom is -0.497 e. The predicted molar refractivity (Wildman–Crippen MR) is 157 cm³/mol. The van der Waals surface area contributed by atoms with Gasteiger partial charge in [-0.2, -0.15) is 0 Å². The van der Waals surface area contributed by atoms with Crippen LogP contribution in [0.2, 0.25) is 0 Å². The first kappa shape index (κ1) is 34.9. The lowest BCUT2D eigenvalue weighted by molar-refractivity contribution is -0.274. The molecule has 3 atom stereocenters. The summed E-state index contributed by atoms with van der Waals surface area (Å²) in [6.45, 7) is 0.857. The van der Waals surface area contributed by atoms with E-state index >= 15 is 8.78 Å². The minimum atomic E-state index is -4.97. The molecule has 3 amide bonds. The number of nitrogens with zero attached hydrogens (tertiary/aromatic N) is 3. The molecule has 0 spiro atoms. The lowest BCUT2D eigenvalue weighted by Crippen LogP contribution is -2.45. The van der Waals surface area contributed by atoms with Crippen LogP contribution in [-0.4, -0.2) is 81.1 Å². The van der Waals surface area contributed by atoms with Crippen LogP contribution in [0, 0.1) is 18.6 Å². The number of amides is 3. The van der Waals surface area contributed by atoms with Gasteiger partial charge >= 0.3 is 6.36 Å². The Morgan fingerprint density at radius 2 is 1.64 bits per heavy atom. The number of rotatable bonds is 10. The molecule has 0 saturated carbocycles. The Morgan fingerprint density at radius 1 is 1.02 bits per heavy atom. The highest BCUT2D eigenvalue weighted by Crippen LogP contribution is 2.37.